The first kappa shape index (κ1) is 14.5. The van der Waals surface area contributed by atoms with Crippen LogP contribution in [0.5, 0.6) is 5.75 Å². The van der Waals surface area contributed by atoms with Crippen LogP contribution in [0.2, 0.25) is 5.02 Å². The third-order valence-corrected chi connectivity index (χ3v) is 2.60. The van der Waals surface area contributed by atoms with Crippen LogP contribution in [0.4, 0.5) is 4.39 Å². The number of hydrogen-bond donors (Lipinski definition) is 0. The lowest BCUT2D eigenvalue weighted by Crippen LogP contribution is -2.06. The summed E-state index contributed by atoms with van der Waals surface area (Å²) >= 11 is 5.79. The van der Waals surface area contributed by atoms with Gasteiger partial charge in [-0.05, 0) is 24.6 Å². The van der Waals surface area contributed by atoms with Gasteiger partial charge in [0.25, 0.3) is 0 Å². The van der Waals surface area contributed by atoms with Crippen LogP contribution in [-0.4, -0.2) is 19.7 Å². The quantitative estimate of drug-likeness (QED) is 0.609. The molecular weight excluding hydrogens is 259 g/mol. The Morgan fingerprint density at radius 3 is 2.78 bits per heavy atom. The minimum absolute atomic E-state index is 0.0178. The molecule has 1 rings (SSSR count). The van der Waals surface area contributed by atoms with E-state index < -0.39 is 11.8 Å². The van der Waals surface area contributed by atoms with Crippen LogP contribution in [0.15, 0.2) is 29.8 Å². The molecule has 5 heteroatoms. The van der Waals surface area contributed by atoms with Gasteiger partial charge in [-0.15, -0.1) is 0 Å². The molecule has 0 atom stereocenters. The summed E-state index contributed by atoms with van der Waals surface area (Å²) in [7, 11) is 1.31. The first-order valence-electron chi connectivity index (χ1n) is 5.44. The summed E-state index contributed by atoms with van der Waals surface area (Å²) in [4.78, 5) is 11.3. The molecule has 18 heavy (non-hydrogen) atoms. The molecule has 0 heterocycles. The van der Waals surface area contributed by atoms with Crippen molar-refractivity contribution in [1.29, 1.82) is 0 Å². The lowest BCUT2D eigenvalue weighted by Gasteiger charge is -2.07. The van der Waals surface area contributed by atoms with Crippen molar-refractivity contribution >= 4 is 17.6 Å². The van der Waals surface area contributed by atoms with E-state index >= 15 is 0 Å². The fraction of sp³-hybridized carbons (Fsp3) is 0.308. The molecule has 3 nitrogen and oxygen atoms in total. The smallest absolute Gasteiger partial charge is 0.333 e. The molecule has 0 spiro atoms. The van der Waals surface area contributed by atoms with Crippen molar-refractivity contribution in [1.82, 2.24) is 0 Å². The van der Waals surface area contributed by atoms with E-state index in [1.54, 1.807) is 6.08 Å². The third kappa shape index (κ3) is 3.74. The minimum Gasteiger partial charge on any atom is -0.485 e. The van der Waals surface area contributed by atoms with E-state index in [0.29, 0.717) is 12.0 Å². The molecule has 0 aromatic heterocycles. The molecule has 0 saturated heterocycles. The highest BCUT2D eigenvalue weighted by Crippen LogP contribution is 2.27. The van der Waals surface area contributed by atoms with Gasteiger partial charge in [0.05, 0.1) is 12.1 Å². The fourth-order valence-corrected chi connectivity index (χ4v) is 1.57. The molecular formula is C13H14ClFO3. The van der Waals surface area contributed by atoms with Gasteiger partial charge in [0.2, 0.25) is 0 Å². The molecule has 0 amide bonds. The van der Waals surface area contributed by atoms with Crippen molar-refractivity contribution in [3.05, 3.63) is 40.7 Å². The first-order valence-corrected chi connectivity index (χ1v) is 5.82. The van der Waals surface area contributed by atoms with E-state index in [4.69, 9.17) is 16.3 Å². The van der Waals surface area contributed by atoms with Crippen molar-refractivity contribution in [3.8, 4) is 5.75 Å². The van der Waals surface area contributed by atoms with Crippen LogP contribution in [0.3, 0.4) is 0 Å². The highest BCUT2D eigenvalue weighted by atomic mass is 35.5. The number of carbonyl (C=O) groups is 1. The second-order valence-corrected chi connectivity index (χ2v) is 3.84. The topological polar surface area (TPSA) is 35.5 Å². The Bertz CT molecular complexity index is 437. The van der Waals surface area contributed by atoms with Crippen LogP contribution in [0.25, 0.3) is 0 Å². The number of halogens is 2. The SMILES string of the molecule is CC/C(=C/COc1c(F)cccc1Cl)C(=O)OC. The fourth-order valence-electron chi connectivity index (χ4n) is 1.35. The summed E-state index contributed by atoms with van der Waals surface area (Å²) in [5.74, 6) is -0.969. The zero-order valence-corrected chi connectivity index (χ0v) is 11.0. The molecule has 0 aliphatic carbocycles. The van der Waals surface area contributed by atoms with Crippen molar-refractivity contribution in [2.75, 3.05) is 13.7 Å². The Balaban J connectivity index is 2.71. The lowest BCUT2D eigenvalue weighted by molar-refractivity contribution is -0.136. The molecule has 0 aliphatic heterocycles. The zero-order chi connectivity index (χ0) is 13.5. The molecule has 0 saturated carbocycles. The van der Waals surface area contributed by atoms with Crippen molar-refractivity contribution in [2.24, 2.45) is 0 Å². The summed E-state index contributed by atoms with van der Waals surface area (Å²) in [6.07, 6.45) is 2.07. The van der Waals surface area contributed by atoms with Gasteiger partial charge in [0.1, 0.15) is 6.61 Å². The molecule has 0 aliphatic rings. The Kier molecular flexibility index (Phi) is 5.65. The summed E-state index contributed by atoms with van der Waals surface area (Å²) in [6.45, 7) is 1.87. The van der Waals surface area contributed by atoms with E-state index in [0.717, 1.165) is 0 Å². The highest BCUT2D eigenvalue weighted by Gasteiger charge is 2.09. The first-order chi connectivity index (χ1) is 8.60. The number of carbonyl (C=O) groups excluding carboxylic acids is 1. The Morgan fingerprint density at radius 1 is 1.50 bits per heavy atom. The molecule has 0 N–H and O–H groups in total. The predicted molar refractivity (Wildman–Crippen MR) is 67.3 cm³/mol. The minimum atomic E-state index is -0.535. The average molecular weight is 273 g/mol. The number of esters is 1. The van der Waals surface area contributed by atoms with Gasteiger partial charge in [0.15, 0.2) is 11.6 Å². The van der Waals surface area contributed by atoms with E-state index in [9.17, 15) is 9.18 Å². The monoisotopic (exact) mass is 272 g/mol. The zero-order valence-electron chi connectivity index (χ0n) is 10.2. The van der Waals surface area contributed by atoms with Gasteiger partial charge in [0, 0.05) is 5.57 Å². The van der Waals surface area contributed by atoms with Gasteiger partial charge in [-0.25, -0.2) is 9.18 Å². The normalized spacial score (nSPS) is 11.2. The third-order valence-electron chi connectivity index (χ3n) is 2.30. The summed E-state index contributed by atoms with van der Waals surface area (Å²) in [6, 6.07) is 4.28. The number of ether oxygens (including phenoxy) is 2. The standard InChI is InChI=1S/C13H14ClFO3/c1-3-9(13(16)17-2)7-8-18-12-10(14)5-4-6-11(12)15/h4-7H,3,8H2,1-2H3/b9-7-. The Labute approximate surface area is 110 Å². The largest absolute Gasteiger partial charge is 0.485 e. The van der Waals surface area contributed by atoms with Gasteiger partial charge in [-0.1, -0.05) is 24.6 Å². The van der Waals surface area contributed by atoms with Crippen molar-refractivity contribution < 1.29 is 18.7 Å². The number of benzene rings is 1. The highest BCUT2D eigenvalue weighted by molar-refractivity contribution is 6.32. The molecule has 0 bridgehead atoms. The Morgan fingerprint density at radius 2 is 2.22 bits per heavy atom. The van der Waals surface area contributed by atoms with Crippen LogP contribution < -0.4 is 4.74 Å². The molecule has 0 fully saturated rings. The van der Waals surface area contributed by atoms with Gasteiger partial charge >= 0.3 is 5.97 Å². The number of rotatable bonds is 5. The van der Waals surface area contributed by atoms with Crippen molar-refractivity contribution in [3.63, 3.8) is 0 Å². The van der Waals surface area contributed by atoms with E-state index in [2.05, 4.69) is 4.74 Å². The van der Waals surface area contributed by atoms with Crippen LogP contribution in [0, 0.1) is 5.82 Å². The van der Waals surface area contributed by atoms with Crippen molar-refractivity contribution in [2.45, 2.75) is 13.3 Å². The van der Waals surface area contributed by atoms with Crippen LogP contribution in [-0.2, 0) is 9.53 Å². The lowest BCUT2D eigenvalue weighted by atomic mass is 10.2. The molecule has 98 valence electrons. The van der Waals surface area contributed by atoms with E-state index in [1.807, 2.05) is 6.92 Å². The average Bonchev–Trinajstić information content (AvgIpc) is 2.37. The summed E-state index contributed by atoms with van der Waals surface area (Å²) in [5, 5.41) is 0.194. The number of para-hydroxylation sites is 1. The summed E-state index contributed by atoms with van der Waals surface area (Å²) < 4.78 is 23.2. The molecule has 0 unspecified atom stereocenters. The number of methoxy groups -OCH3 is 1. The van der Waals surface area contributed by atoms with E-state index in [1.165, 1.54) is 25.3 Å². The maximum absolute atomic E-state index is 13.4. The number of hydrogen-bond acceptors (Lipinski definition) is 3. The molecule has 1 aromatic rings. The summed E-state index contributed by atoms with van der Waals surface area (Å²) in [5.41, 5.74) is 0.477. The van der Waals surface area contributed by atoms with Gasteiger partial charge in [-0.2, -0.15) is 0 Å². The Hall–Kier alpha value is -1.55. The van der Waals surface area contributed by atoms with E-state index in [-0.39, 0.29) is 17.4 Å². The predicted octanol–water partition coefficient (Wildman–Crippen LogP) is 3.37. The second-order valence-electron chi connectivity index (χ2n) is 3.44. The molecule has 0 radical (unpaired) electrons. The molecule has 1 aromatic carbocycles. The maximum Gasteiger partial charge on any atom is 0.333 e. The second kappa shape index (κ2) is 7.01. The van der Waals surface area contributed by atoms with Crippen LogP contribution in [0.1, 0.15) is 13.3 Å². The maximum atomic E-state index is 13.4. The van der Waals surface area contributed by atoms with Gasteiger partial charge in [-0.3, -0.25) is 0 Å². The van der Waals surface area contributed by atoms with Crippen LogP contribution >= 0.6 is 11.6 Å². The van der Waals surface area contributed by atoms with Gasteiger partial charge < -0.3 is 9.47 Å².